The van der Waals surface area contributed by atoms with E-state index >= 15 is 0 Å². The van der Waals surface area contributed by atoms with Gasteiger partial charge in [0.25, 0.3) is 21.8 Å². The van der Waals surface area contributed by atoms with Crippen molar-refractivity contribution in [3.63, 3.8) is 0 Å². The normalized spacial score (nSPS) is 14.6. The Bertz CT molecular complexity index is 1030. The molecule has 2 aromatic carbocycles. The molecule has 0 aliphatic carbocycles. The van der Waals surface area contributed by atoms with Gasteiger partial charge in [-0.3, -0.25) is 9.59 Å². The Morgan fingerprint density at radius 1 is 1.10 bits per heavy atom. The van der Waals surface area contributed by atoms with E-state index in [1.54, 1.807) is 45.2 Å². The molecule has 0 aromatic heterocycles. The maximum atomic E-state index is 12.6. The minimum absolute atomic E-state index is 0.0816. The molecule has 2 amide bonds. The van der Waals surface area contributed by atoms with Gasteiger partial charge in [0.2, 0.25) is 0 Å². The van der Waals surface area contributed by atoms with Crippen LogP contribution >= 0.6 is 0 Å². The summed E-state index contributed by atoms with van der Waals surface area (Å²) < 4.78 is 36.7. The molecule has 0 radical (unpaired) electrons. The zero-order chi connectivity index (χ0) is 21.2. The first-order chi connectivity index (χ1) is 13.8. The van der Waals surface area contributed by atoms with Crippen LogP contribution in [0.2, 0.25) is 0 Å². The van der Waals surface area contributed by atoms with Crippen molar-refractivity contribution in [1.29, 1.82) is 0 Å². The maximum Gasteiger partial charge on any atom is 0.269 e. The predicted octanol–water partition coefficient (Wildman–Crippen LogP) is 2.06. The van der Waals surface area contributed by atoms with Crippen LogP contribution in [-0.2, 0) is 10.0 Å². The quantitative estimate of drug-likeness (QED) is 0.691. The Labute approximate surface area is 169 Å². The SMILES string of the molecule is COc1ccc(OCCNC(=O)c2ccc3c(c2)S(=O)(=O)N(C(C)C)C3=O)cc1. The number of nitrogens with one attached hydrogen (secondary N) is 1. The highest BCUT2D eigenvalue weighted by Gasteiger charge is 2.42. The number of nitrogens with zero attached hydrogens (tertiary/aromatic N) is 1. The number of ether oxygens (including phenoxy) is 2. The molecular formula is C20H22N2O6S. The van der Waals surface area contributed by atoms with Gasteiger partial charge in [-0.25, -0.2) is 12.7 Å². The lowest BCUT2D eigenvalue weighted by Gasteiger charge is -2.18. The van der Waals surface area contributed by atoms with Crippen LogP contribution in [0.4, 0.5) is 0 Å². The van der Waals surface area contributed by atoms with Crippen molar-refractivity contribution in [1.82, 2.24) is 9.62 Å². The number of hydrogen-bond donors (Lipinski definition) is 1. The van der Waals surface area contributed by atoms with Gasteiger partial charge in [-0.1, -0.05) is 0 Å². The maximum absolute atomic E-state index is 12.6. The summed E-state index contributed by atoms with van der Waals surface area (Å²) in [6.07, 6.45) is 0. The molecule has 154 valence electrons. The molecule has 0 bridgehead atoms. The summed E-state index contributed by atoms with van der Waals surface area (Å²) in [6, 6.07) is 10.6. The predicted molar refractivity (Wildman–Crippen MR) is 106 cm³/mol. The number of carbonyl (C=O) groups is 2. The highest BCUT2D eigenvalue weighted by atomic mass is 32.2. The minimum Gasteiger partial charge on any atom is -0.497 e. The van der Waals surface area contributed by atoms with Crippen molar-refractivity contribution < 1.29 is 27.5 Å². The van der Waals surface area contributed by atoms with Gasteiger partial charge >= 0.3 is 0 Å². The zero-order valence-corrected chi connectivity index (χ0v) is 17.2. The molecule has 0 unspecified atom stereocenters. The third-order valence-corrected chi connectivity index (χ3v) is 6.39. The first-order valence-electron chi connectivity index (χ1n) is 9.03. The van der Waals surface area contributed by atoms with Crippen molar-refractivity contribution in [2.75, 3.05) is 20.3 Å². The molecule has 0 fully saturated rings. The molecule has 9 heteroatoms. The van der Waals surface area contributed by atoms with Crippen LogP contribution in [0, 0.1) is 0 Å². The van der Waals surface area contributed by atoms with Crippen molar-refractivity contribution in [3.05, 3.63) is 53.6 Å². The van der Waals surface area contributed by atoms with E-state index in [1.807, 2.05) is 0 Å². The minimum atomic E-state index is -3.95. The van der Waals surface area contributed by atoms with Crippen LogP contribution < -0.4 is 14.8 Å². The van der Waals surface area contributed by atoms with E-state index in [0.717, 1.165) is 4.31 Å². The summed E-state index contributed by atoms with van der Waals surface area (Å²) in [5, 5.41) is 2.67. The number of rotatable bonds is 7. The lowest BCUT2D eigenvalue weighted by atomic mass is 10.1. The van der Waals surface area contributed by atoms with Crippen LogP contribution in [0.1, 0.15) is 34.6 Å². The third kappa shape index (κ3) is 4.04. The van der Waals surface area contributed by atoms with Crippen molar-refractivity contribution in [2.45, 2.75) is 24.8 Å². The molecular weight excluding hydrogens is 396 g/mol. The molecule has 3 rings (SSSR count). The fourth-order valence-electron chi connectivity index (χ4n) is 3.01. The van der Waals surface area contributed by atoms with Gasteiger partial charge in [0.05, 0.1) is 19.2 Å². The van der Waals surface area contributed by atoms with Crippen molar-refractivity contribution in [3.8, 4) is 11.5 Å². The molecule has 0 saturated heterocycles. The van der Waals surface area contributed by atoms with Crippen LogP contribution in [0.15, 0.2) is 47.4 Å². The molecule has 1 aliphatic heterocycles. The van der Waals surface area contributed by atoms with Crippen LogP contribution in [-0.4, -0.2) is 50.8 Å². The molecule has 29 heavy (non-hydrogen) atoms. The molecule has 1 aliphatic rings. The van der Waals surface area contributed by atoms with Gasteiger partial charge in [0, 0.05) is 11.6 Å². The van der Waals surface area contributed by atoms with Gasteiger partial charge in [-0.2, -0.15) is 0 Å². The first-order valence-corrected chi connectivity index (χ1v) is 10.5. The summed E-state index contributed by atoms with van der Waals surface area (Å²) >= 11 is 0. The molecule has 8 nitrogen and oxygen atoms in total. The second kappa shape index (κ2) is 8.12. The summed E-state index contributed by atoms with van der Waals surface area (Å²) in [5.74, 6) is 0.328. The summed E-state index contributed by atoms with van der Waals surface area (Å²) in [5.41, 5.74) is 0.244. The largest absolute Gasteiger partial charge is 0.497 e. The molecule has 0 saturated carbocycles. The van der Waals surface area contributed by atoms with Gasteiger partial charge in [-0.15, -0.1) is 0 Å². The van der Waals surface area contributed by atoms with Gasteiger partial charge in [0.1, 0.15) is 23.0 Å². The average molecular weight is 418 g/mol. The van der Waals surface area contributed by atoms with Crippen LogP contribution in [0.25, 0.3) is 0 Å². The second-order valence-corrected chi connectivity index (χ2v) is 8.47. The fraction of sp³-hybridized carbons (Fsp3) is 0.300. The number of carbonyl (C=O) groups excluding carboxylic acids is 2. The highest BCUT2D eigenvalue weighted by molar-refractivity contribution is 7.90. The smallest absolute Gasteiger partial charge is 0.269 e. The van der Waals surface area contributed by atoms with E-state index < -0.39 is 27.9 Å². The summed E-state index contributed by atoms with van der Waals surface area (Å²) in [6.45, 7) is 3.71. The lowest BCUT2D eigenvalue weighted by molar-refractivity contribution is 0.0845. The Morgan fingerprint density at radius 3 is 2.38 bits per heavy atom. The molecule has 2 aromatic rings. The molecule has 0 spiro atoms. The van der Waals surface area contributed by atoms with Gasteiger partial charge in [-0.05, 0) is 56.3 Å². The summed E-state index contributed by atoms with van der Waals surface area (Å²) in [7, 11) is -2.37. The van der Waals surface area contributed by atoms with Gasteiger partial charge in [0.15, 0.2) is 0 Å². The monoisotopic (exact) mass is 418 g/mol. The van der Waals surface area contributed by atoms with E-state index in [9.17, 15) is 18.0 Å². The third-order valence-electron chi connectivity index (χ3n) is 4.40. The number of methoxy groups -OCH3 is 1. The number of benzene rings is 2. The number of amides is 2. The number of hydrogen-bond acceptors (Lipinski definition) is 6. The van der Waals surface area contributed by atoms with Crippen molar-refractivity contribution >= 4 is 21.8 Å². The lowest BCUT2D eigenvalue weighted by Crippen LogP contribution is -2.36. The molecule has 1 N–H and O–H groups in total. The molecule has 0 atom stereocenters. The Morgan fingerprint density at radius 2 is 1.76 bits per heavy atom. The van der Waals surface area contributed by atoms with E-state index in [2.05, 4.69) is 5.32 Å². The van der Waals surface area contributed by atoms with Crippen molar-refractivity contribution in [2.24, 2.45) is 0 Å². The Kier molecular flexibility index (Phi) is 5.78. The zero-order valence-electron chi connectivity index (χ0n) is 16.3. The number of sulfonamides is 1. The van der Waals surface area contributed by atoms with E-state index in [4.69, 9.17) is 9.47 Å². The average Bonchev–Trinajstić information content (AvgIpc) is 2.90. The topological polar surface area (TPSA) is 102 Å². The Hall–Kier alpha value is -3.07. The molecule has 1 heterocycles. The fourth-order valence-corrected chi connectivity index (χ4v) is 4.80. The summed E-state index contributed by atoms with van der Waals surface area (Å²) in [4.78, 5) is 24.6. The van der Waals surface area contributed by atoms with E-state index in [0.29, 0.717) is 11.5 Å². The van der Waals surface area contributed by atoms with Crippen LogP contribution in [0.3, 0.4) is 0 Å². The highest BCUT2D eigenvalue weighted by Crippen LogP contribution is 2.32. The van der Waals surface area contributed by atoms with Crippen LogP contribution in [0.5, 0.6) is 11.5 Å². The van der Waals surface area contributed by atoms with Gasteiger partial charge < -0.3 is 14.8 Å². The Balaban J connectivity index is 1.63. The van der Waals surface area contributed by atoms with E-state index in [1.165, 1.54) is 18.2 Å². The standard InChI is InChI=1S/C20H22N2O6S/c1-13(2)22-20(24)17-9-4-14(12-18(17)29(22,25)26)19(23)21-10-11-28-16-7-5-15(27-3)6-8-16/h4-9,12-13H,10-11H2,1-3H3,(H,21,23). The van der Waals surface area contributed by atoms with E-state index in [-0.39, 0.29) is 29.2 Å². The first kappa shape index (κ1) is 20.7. The number of fused-ring (bicyclic) bond motifs is 1. The second-order valence-electron chi connectivity index (χ2n) is 6.69.